The van der Waals surface area contributed by atoms with Gasteiger partial charge in [-0.3, -0.25) is 9.59 Å². The molecule has 0 saturated carbocycles. The smallest absolute Gasteiger partial charge is 0.268 e. The number of fused-ring (bicyclic) bond motifs is 2. The number of carbonyl (C=O) groups is 2. The van der Waals surface area contributed by atoms with Gasteiger partial charge < -0.3 is 25.1 Å². The second-order valence-electron chi connectivity index (χ2n) is 10.2. The van der Waals surface area contributed by atoms with Crippen LogP contribution < -0.4 is 10.2 Å². The van der Waals surface area contributed by atoms with Crippen LogP contribution in [0.5, 0.6) is 0 Å². The van der Waals surface area contributed by atoms with Crippen LogP contribution in [0.15, 0.2) is 67.0 Å². The standard InChI is InChI=1S/C29H32ClN5O2/c1-18(23-15-32-24-8-5-4-7-22(23)24)27(33-28(36)25-9-6-12-31-25)29(37)35-17-19(16-34(2)3)13-20-14-21(30)10-11-26(20)35/h4-12,14-15,18-19,27,31-32H,13,16-17H2,1-3H3,(H,33,36)/t18?,19-,27?/m1/s1. The van der Waals surface area contributed by atoms with Crippen molar-refractivity contribution in [3.63, 3.8) is 0 Å². The van der Waals surface area contributed by atoms with E-state index >= 15 is 0 Å². The second kappa shape index (κ2) is 10.4. The van der Waals surface area contributed by atoms with Crippen molar-refractivity contribution in [2.75, 3.05) is 32.1 Å². The molecule has 0 fully saturated rings. The van der Waals surface area contributed by atoms with Crippen molar-refractivity contribution in [2.45, 2.75) is 25.3 Å². The minimum Gasteiger partial charge on any atom is -0.361 e. The van der Waals surface area contributed by atoms with Gasteiger partial charge in [-0.05, 0) is 74.0 Å². The lowest BCUT2D eigenvalue weighted by molar-refractivity contribution is -0.121. The number of hydrogen-bond acceptors (Lipinski definition) is 3. The molecule has 2 amide bonds. The van der Waals surface area contributed by atoms with Crippen molar-refractivity contribution in [3.05, 3.63) is 88.8 Å². The number of rotatable bonds is 7. The van der Waals surface area contributed by atoms with E-state index in [0.29, 0.717) is 17.3 Å². The molecule has 1 aliphatic heterocycles. The van der Waals surface area contributed by atoms with E-state index in [1.807, 2.05) is 74.6 Å². The molecule has 0 bridgehead atoms. The summed E-state index contributed by atoms with van der Waals surface area (Å²) in [7, 11) is 4.08. The zero-order valence-electron chi connectivity index (χ0n) is 21.3. The second-order valence-corrected chi connectivity index (χ2v) is 10.6. The highest BCUT2D eigenvalue weighted by atomic mass is 35.5. The molecule has 0 radical (unpaired) electrons. The number of para-hydroxylation sites is 1. The first-order valence-corrected chi connectivity index (χ1v) is 12.9. The van der Waals surface area contributed by atoms with Gasteiger partial charge in [0.05, 0.1) is 0 Å². The molecule has 2 aromatic heterocycles. The Morgan fingerprint density at radius 2 is 1.95 bits per heavy atom. The molecule has 0 saturated heterocycles. The first-order chi connectivity index (χ1) is 17.8. The predicted octanol–water partition coefficient (Wildman–Crippen LogP) is 4.82. The lowest BCUT2D eigenvalue weighted by atomic mass is 9.88. The molecule has 8 heteroatoms. The zero-order valence-corrected chi connectivity index (χ0v) is 22.0. The zero-order chi connectivity index (χ0) is 26.1. The number of nitrogens with one attached hydrogen (secondary N) is 3. The van der Waals surface area contributed by atoms with E-state index in [2.05, 4.69) is 20.2 Å². The third-order valence-corrected chi connectivity index (χ3v) is 7.41. The molecule has 192 valence electrons. The van der Waals surface area contributed by atoms with Gasteiger partial charge in [0, 0.05) is 53.0 Å². The Morgan fingerprint density at radius 3 is 2.70 bits per heavy atom. The largest absolute Gasteiger partial charge is 0.361 e. The van der Waals surface area contributed by atoms with Crippen molar-refractivity contribution in [3.8, 4) is 0 Å². The molecule has 4 aromatic rings. The first-order valence-electron chi connectivity index (χ1n) is 12.6. The van der Waals surface area contributed by atoms with Gasteiger partial charge in [0.15, 0.2) is 0 Å². The monoisotopic (exact) mass is 517 g/mol. The first kappa shape index (κ1) is 25.1. The molecule has 0 spiro atoms. The lowest BCUT2D eigenvalue weighted by Crippen LogP contribution is -2.54. The maximum absolute atomic E-state index is 14.4. The average molecular weight is 518 g/mol. The Balaban J connectivity index is 1.54. The van der Waals surface area contributed by atoms with E-state index in [1.54, 1.807) is 18.3 Å². The Morgan fingerprint density at radius 1 is 1.14 bits per heavy atom. The summed E-state index contributed by atoms with van der Waals surface area (Å²) < 4.78 is 0. The van der Waals surface area contributed by atoms with Crippen molar-refractivity contribution in [2.24, 2.45) is 5.92 Å². The highest BCUT2D eigenvalue weighted by molar-refractivity contribution is 6.30. The highest BCUT2D eigenvalue weighted by Gasteiger charge is 2.37. The van der Waals surface area contributed by atoms with Crippen LogP contribution in [-0.4, -0.2) is 59.9 Å². The molecule has 37 heavy (non-hydrogen) atoms. The van der Waals surface area contributed by atoms with Crippen molar-refractivity contribution in [1.29, 1.82) is 0 Å². The van der Waals surface area contributed by atoms with Crippen LogP contribution >= 0.6 is 11.6 Å². The van der Waals surface area contributed by atoms with Crippen LogP contribution in [0.25, 0.3) is 10.9 Å². The quantitative estimate of drug-likeness (QED) is 0.328. The lowest BCUT2D eigenvalue weighted by Gasteiger charge is -2.38. The summed E-state index contributed by atoms with van der Waals surface area (Å²) in [6.07, 6.45) is 4.48. The molecule has 7 nitrogen and oxygen atoms in total. The van der Waals surface area contributed by atoms with E-state index in [0.717, 1.165) is 40.7 Å². The van der Waals surface area contributed by atoms with Gasteiger partial charge in [-0.15, -0.1) is 0 Å². The van der Waals surface area contributed by atoms with Crippen molar-refractivity contribution < 1.29 is 9.59 Å². The third kappa shape index (κ3) is 5.15. The Hall–Kier alpha value is -3.55. The minimum atomic E-state index is -0.781. The molecular formula is C29H32ClN5O2. The van der Waals surface area contributed by atoms with E-state index in [-0.39, 0.29) is 23.7 Å². The number of aromatic amines is 2. The number of carbonyl (C=O) groups excluding carboxylic acids is 2. The summed E-state index contributed by atoms with van der Waals surface area (Å²) in [6, 6.07) is 16.4. The fourth-order valence-corrected chi connectivity index (χ4v) is 5.66. The van der Waals surface area contributed by atoms with Gasteiger partial charge in [-0.25, -0.2) is 0 Å². The van der Waals surface area contributed by atoms with Gasteiger partial charge in [-0.2, -0.15) is 0 Å². The highest BCUT2D eigenvalue weighted by Crippen LogP contribution is 2.35. The maximum Gasteiger partial charge on any atom is 0.268 e. The summed E-state index contributed by atoms with van der Waals surface area (Å²) in [5, 5.41) is 4.75. The van der Waals surface area contributed by atoms with Gasteiger partial charge in [0.25, 0.3) is 5.91 Å². The van der Waals surface area contributed by atoms with Gasteiger partial charge in [-0.1, -0.05) is 36.7 Å². The topological polar surface area (TPSA) is 84.2 Å². The molecular weight excluding hydrogens is 486 g/mol. The number of H-pyrrole nitrogens is 2. The third-order valence-electron chi connectivity index (χ3n) is 7.18. The normalized spacial score (nSPS) is 17.0. The van der Waals surface area contributed by atoms with Crippen LogP contribution in [0.2, 0.25) is 5.02 Å². The molecule has 3 N–H and O–H groups in total. The van der Waals surface area contributed by atoms with Crippen molar-refractivity contribution in [1.82, 2.24) is 20.2 Å². The number of benzene rings is 2. The summed E-state index contributed by atoms with van der Waals surface area (Å²) in [4.78, 5) is 37.8. The number of halogens is 1. The summed E-state index contributed by atoms with van der Waals surface area (Å²) >= 11 is 6.34. The van der Waals surface area contributed by atoms with Crippen LogP contribution in [-0.2, 0) is 11.2 Å². The molecule has 3 heterocycles. The maximum atomic E-state index is 14.4. The molecule has 2 aromatic carbocycles. The van der Waals surface area contributed by atoms with E-state index in [4.69, 9.17) is 11.6 Å². The number of hydrogen-bond donors (Lipinski definition) is 3. The van der Waals surface area contributed by atoms with Crippen molar-refractivity contribution >= 4 is 40.0 Å². The van der Waals surface area contributed by atoms with E-state index in [9.17, 15) is 9.59 Å². The Labute approximate surface area is 221 Å². The van der Waals surface area contributed by atoms with Gasteiger partial charge in [0.2, 0.25) is 5.91 Å². The van der Waals surface area contributed by atoms with E-state index in [1.165, 1.54) is 0 Å². The fourth-order valence-electron chi connectivity index (χ4n) is 5.47. The molecule has 1 aliphatic rings. The summed E-state index contributed by atoms with van der Waals surface area (Å²) in [5.41, 5.74) is 4.30. The number of anilines is 1. The SMILES string of the molecule is CC(c1c[nH]c2ccccc12)C(NC(=O)c1ccc[nH]1)C(=O)N1C[C@@H](CN(C)C)Cc2cc(Cl)ccc21. The van der Waals surface area contributed by atoms with Crippen LogP contribution in [0, 0.1) is 5.92 Å². The predicted molar refractivity (Wildman–Crippen MR) is 148 cm³/mol. The van der Waals surface area contributed by atoms with Crippen LogP contribution in [0.4, 0.5) is 5.69 Å². The summed E-state index contributed by atoms with van der Waals surface area (Å²) in [6.45, 7) is 3.41. The Bertz CT molecular complexity index is 1410. The minimum absolute atomic E-state index is 0.135. The molecule has 0 aliphatic carbocycles. The number of amides is 2. The molecule has 2 unspecified atom stereocenters. The summed E-state index contributed by atoms with van der Waals surface area (Å²) in [5.74, 6) is -0.487. The van der Waals surface area contributed by atoms with Crippen LogP contribution in [0.1, 0.15) is 34.5 Å². The van der Waals surface area contributed by atoms with Crippen LogP contribution in [0.3, 0.4) is 0 Å². The van der Waals surface area contributed by atoms with Gasteiger partial charge >= 0.3 is 0 Å². The van der Waals surface area contributed by atoms with Gasteiger partial charge in [0.1, 0.15) is 11.7 Å². The fraction of sp³-hybridized carbons (Fsp3) is 0.310. The average Bonchev–Trinajstić information content (AvgIpc) is 3.56. The molecule has 5 rings (SSSR count). The molecule has 3 atom stereocenters. The number of nitrogens with zero attached hydrogens (tertiary/aromatic N) is 2. The number of aromatic nitrogens is 2. The Kier molecular flexibility index (Phi) is 7.09. The van der Waals surface area contributed by atoms with E-state index < -0.39 is 6.04 Å².